The van der Waals surface area contributed by atoms with Crippen LogP contribution in [-0.2, 0) is 12.0 Å². The van der Waals surface area contributed by atoms with Gasteiger partial charge in [-0.2, -0.15) is 4.98 Å². The predicted molar refractivity (Wildman–Crippen MR) is 111 cm³/mol. The Balaban J connectivity index is 0.00000312. The maximum Gasteiger partial charge on any atom is 0.232 e. The fourth-order valence-electron chi connectivity index (χ4n) is 2.16. The van der Waals surface area contributed by atoms with Gasteiger partial charge in [0.15, 0.2) is 11.8 Å². The number of aliphatic imine (C=N–C) groups is 1. The van der Waals surface area contributed by atoms with E-state index in [-0.39, 0.29) is 29.4 Å². The van der Waals surface area contributed by atoms with Gasteiger partial charge in [0.2, 0.25) is 5.89 Å². The van der Waals surface area contributed by atoms with Crippen molar-refractivity contribution < 1.29 is 4.52 Å². The molecule has 7 heteroatoms. The van der Waals surface area contributed by atoms with Crippen molar-refractivity contribution in [3.8, 4) is 0 Å². The molecule has 138 valence electrons. The number of hydrogen-bond acceptors (Lipinski definition) is 4. The first-order valence-electron chi connectivity index (χ1n) is 8.22. The molecule has 2 aromatic rings. The Kier molecular flexibility index (Phi) is 8.34. The molecule has 0 saturated heterocycles. The molecule has 1 heterocycles. The third-order valence-corrected chi connectivity index (χ3v) is 3.69. The van der Waals surface area contributed by atoms with Crippen LogP contribution in [0.4, 0.5) is 0 Å². The Hall–Kier alpha value is -1.64. The molecule has 0 saturated carbocycles. The molecule has 0 aliphatic carbocycles. The van der Waals surface area contributed by atoms with Crippen molar-refractivity contribution in [3.63, 3.8) is 0 Å². The fraction of sp³-hybridized carbons (Fsp3) is 0.500. The molecule has 2 rings (SSSR count). The minimum atomic E-state index is -0.143. The van der Waals surface area contributed by atoms with Crippen molar-refractivity contribution in [1.29, 1.82) is 0 Å². The maximum absolute atomic E-state index is 5.29. The average Bonchev–Trinajstić information content (AvgIpc) is 3.05. The summed E-state index contributed by atoms with van der Waals surface area (Å²) in [5.74, 6) is 2.38. The minimum Gasteiger partial charge on any atom is -0.356 e. The van der Waals surface area contributed by atoms with E-state index in [9.17, 15) is 0 Å². The van der Waals surface area contributed by atoms with E-state index in [0.717, 1.165) is 12.5 Å². The lowest BCUT2D eigenvalue weighted by Crippen LogP contribution is -2.38. The van der Waals surface area contributed by atoms with Gasteiger partial charge in [0.05, 0.1) is 6.54 Å². The third kappa shape index (κ3) is 6.64. The summed E-state index contributed by atoms with van der Waals surface area (Å²) in [7, 11) is 1.75. The molecule has 1 aromatic carbocycles. The second-order valence-corrected chi connectivity index (χ2v) is 6.88. The first kappa shape index (κ1) is 21.4. The number of benzene rings is 1. The largest absolute Gasteiger partial charge is 0.356 e. The lowest BCUT2D eigenvalue weighted by molar-refractivity contribution is 0.318. The predicted octanol–water partition coefficient (Wildman–Crippen LogP) is 3.45. The number of guanidine groups is 1. The smallest absolute Gasteiger partial charge is 0.232 e. The van der Waals surface area contributed by atoms with Gasteiger partial charge in [0.1, 0.15) is 0 Å². The van der Waals surface area contributed by atoms with Crippen molar-refractivity contribution in [2.24, 2.45) is 4.99 Å². The fourth-order valence-corrected chi connectivity index (χ4v) is 2.16. The summed E-state index contributed by atoms with van der Waals surface area (Å²) < 4.78 is 5.29. The second-order valence-electron chi connectivity index (χ2n) is 6.88. The average molecular weight is 457 g/mol. The zero-order valence-corrected chi connectivity index (χ0v) is 17.9. The van der Waals surface area contributed by atoms with Gasteiger partial charge in [0, 0.05) is 19.0 Å². The van der Waals surface area contributed by atoms with Crippen LogP contribution >= 0.6 is 24.0 Å². The van der Waals surface area contributed by atoms with Crippen LogP contribution in [0.25, 0.3) is 0 Å². The number of nitrogens with one attached hydrogen (secondary N) is 2. The van der Waals surface area contributed by atoms with Gasteiger partial charge in [-0.1, -0.05) is 63.2 Å². The molecular weight excluding hydrogens is 429 g/mol. The topological polar surface area (TPSA) is 75.3 Å². The first-order chi connectivity index (χ1) is 11.4. The summed E-state index contributed by atoms with van der Waals surface area (Å²) in [6.07, 6.45) is 0. The number of aromatic nitrogens is 2. The molecule has 0 fully saturated rings. The molecular formula is C18H28IN5O. The third-order valence-electron chi connectivity index (χ3n) is 3.69. The van der Waals surface area contributed by atoms with Crippen LogP contribution in [0.15, 0.2) is 39.8 Å². The summed E-state index contributed by atoms with van der Waals surface area (Å²) in [4.78, 5) is 8.64. The van der Waals surface area contributed by atoms with E-state index in [1.807, 2.05) is 26.8 Å². The zero-order valence-electron chi connectivity index (χ0n) is 15.5. The van der Waals surface area contributed by atoms with E-state index in [1.54, 1.807) is 7.05 Å². The molecule has 25 heavy (non-hydrogen) atoms. The van der Waals surface area contributed by atoms with Crippen LogP contribution < -0.4 is 10.6 Å². The molecule has 1 unspecified atom stereocenters. The molecule has 6 nitrogen and oxygen atoms in total. The number of rotatable bonds is 5. The van der Waals surface area contributed by atoms with Gasteiger partial charge in [0.25, 0.3) is 0 Å². The summed E-state index contributed by atoms with van der Waals surface area (Å²) >= 11 is 0. The van der Waals surface area contributed by atoms with Crippen molar-refractivity contribution in [2.75, 3.05) is 13.6 Å². The maximum atomic E-state index is 5.29. The molecule has 0 bridgehead atoms. The number of halogens is 1. The van der Waals surface area contributed by atoms with E-state index in [2.05, 4.69) is 57.0 Å². The van der Waals surface area contributed by atoms with Crippen molar-refractivity contribution in [3.05, 3.63) is 47.6 Å². The van der Waals surface area contributed by atoms with Crippen LogP contribution in [0.1, 0.15) is 50.9 Å². The molecule has 0 spiro atoms. The van der Waals surface area contributed by atoms with Gasteiger partial charge in [-0.15, -0.1) is 24.0 Å². The van der Waals surface area contributed by atoms with Gasteiger partial charge >= 0.3 is 0 Å². The standard InChI is InChI=1S/C18H27N5O.HI/c1-13(14-9-7-6-8-10-14)11-20-17(19-5)21-12-15-22-16(24-23-15)18(2,3)4;/h6-10,13H,11-12H2,1-5H3,(H2,19,20,21);1H. The van der Waals surface area contributed by atoms with E-state index in [1.165, 1.54) is 5.56 Å². The van der Waals surface area contributed by atoms with E-state index in [4.69, 9.17) is 4.52 Å². The van der Waals surface area contributed by atoms with E-state index >= 15 is 0 Å². The Morgan fingerprint density at radius 2 is 1.88 bits per heavy atom. The lowest BCUT2D eigenvalue weighted by atomic mass is 9.97. The van der Waals surface area contributed by atoms with Crippen molar-refractivity contribution >= 4 is 29.9 Å². The summed E-state index contributed by atoms with van der Waals surface area (Å²) in [5, 5.41) is 10.5. The SMILES string of the molecule is CN=C(NCc1noc(C(C)(C)C)n1)NCC(C)c1ccccc1.I. The van der Waals surface area contributed by atoms with Crippen LogP contribution in [0, 0.1) is 0 Å². The molecule has 1 atom stereocenters. The minimum absolute atomic E-state index is 0. The molecule has 1 aromatic heterocycles. The Labute approximate surface area is 166 Å². The molecule has 0 amide bonds. The molecule has 0 aliphatic heterocycles. The summed E-state index contributed by atoms with van der Waals surface area (Å²) in [5.41, 5.74) is 1.16. The lowest BCUT2D eigenvalue weighted by Gasteiger charge is -2.15. The Morgan fingerprint density at radius 1 is 1.20 bits per heavy atom. The second kappa shape index (κ2) is 9.74. The Bertz CT molecular complexity index is 664. The van der Waals surface area contributed by atoms with Gasteiger partial charge in [-0.05, 0) is 11.5 Å². The normalized spacial score (nSPS) is 13.1. The monoisotopic (exact) mass is 457 g/mol. The molecule has 2 N–H and O–H groups in total. The number of hydrogen-bond donors (Lipinski definition) is 2. The van der Waals surface area contributed by atoms with Gasteiger partial charge < -0.3 is 15.2 Å². The first-order valence-corrected chi connectivity index (χ1v) is 8.22. The quantitative estimate of drug-likeness (QED) is 0.409. The highest BCUT2D eigenvalue weighted by Crippen LogP contribution is 2.19. The van der Waals surface area contributed by atoms with Crippen molar-refractivity contribution in [1.82, 2.24) is 20.8 Å². The molecule has 0 aliphatic rings. The van der Waals surface area contributed by atoms with Crippen LogP contribution in [0.5, 0.6) is 0 Å². The van der Waals surface area contributed by atoms with Gasteiger partial charge in [-0.25, -0.2) is 0 Å². The zero-order chi connectivity index (χ0) is 17.6. The highest BCUT2D eigenvalue weighted by molar-refractivity contribution is 14.0. The van der Waals surface area contributed by atoms with Crippen molar-refractivity contribution in [2.45, 2.75) is 45.6 Å². The Morgan fingerprint density at radius 3 is 2.44 bits per heavy atom. The van der Waals surface area contributed by atoms with Crippen LogP contribution in [0.3, 0.4) is 0 Å². The van der Waals surface area contributed by atoms with E-state index in [0.29, 0.717) is 24.2 Å². The van der Waals surface area contributed by atoms with Gasteiger partial charge in [-0.3, -0.25) is 4.99 Å². The summed E-state index contributed by atoms with van der Waals surface area (Å²) in [6.45, 7) is 9.59. The highest BCUT2D eigenvalue weighted by atomic mass is 127. The highest BCUT2D eigenvalue weighted by Gasteiger charge is 2.21. The van der Waals surface area contributed by atoms with Crippen LogP contribution in [0.2, 0.25) is 0 Å². The molecule has 0 radical (unpaired) electrons. The van der Waals surface area contributed by atoms with E-state index < -0.39 is 0 Å². The van der Waals surface area contributed by atoms with Crippen LogP contribution in [-0.4, -0.2) is 29.7 Å². The summed E-state index contributed by atoms with van der Waals surface area (Å²) in [6, 6.07) is 10.4. The number of nitrogens with zero attached hydrogens (tertiary/aromatic N) is 3.